The Hall–Kier alpha value is -2.17. The van der Waals surface area contributed by atoms with Crippen LogP contribution in [0.4, 0.5) is 0 Å². The maximum Gasteiger partial charge on any atom is 0.264 e. The monoisotopic (exact) mass is 364 g/mol. The van der Waals surface area contributed by atoms with Gasteiger partial charge in [-0.1, -0.05) is 48.0 Å². The fourth-order valence-corrected chi connectivity index (χ4v) is 4.70. The fraction of sp³-hybridized carbons (Fsp3) is 0.318. The molecule has 1 aromatic heterocycles. The molecule has 1 aliphatic rings. The van der Waals surface area contributed by atoms with Crippen LogP contribution in [0.3, 0.4) is 0 Å². The highest BCUT2D eigenvalue weighted by Crippen LogP contribution is 2.34. The van der Waals surface area contributed by atoms with Crippen LogP contribution in [0.25, 0.3) is 10.1 Å². The van der Waals surface area contributed by atoms with Crippen LogP contribution in [-0.4, -0.2) is 48.9 Å². The lowest BCUT2D eigenvalue weighted by molar-refractivity contribution is 0.0668. The van der Waals surface area contributed by atoms with Crippen LogP contribution < -0.4 is 0 Å². The van der Waals surface area contributed by atoms with E-state index in [0.29, 0.717) is 0 Å². The molecule has 4 heteroatoms. The molecule has 2 heterocycles. The van der Waals surface area contributed by atoms with E-state index in [4.69, 9.17) is 0 Å². The maximum absolute atomic E-state index is 13.3. The summed E-state index contributed by atoms with van der Waals surface area (Å²) in [6.45, 7) is 5.63. The summed E-state index contributed by atoms with van der Waals surface area (Å²) in [5.41, 5.74) is 3.70. The first-order valence-electron chi connectivity index (χ1n) is 9.15. The number of amides is 1. The van der Waals surface area contributed by atoms with Gasteiger partial charge in [-0.25, -0.2) is 0 Å². The molecule has 1 saturated heterocycles. The molecule has 1 aliphatic heterocycles. The Labute approximate surface area is 158 Å². The number of fused-ring (bicyclic) bond motifs is 1. The summed E-state index contributed by atoms with van der Waals surface area (Å²) in [6, 6.07) is 17.0. The average molecular weight is 365 g/mol. The summed E-state index contributed by atoms with van der Waals surface area (Å²) < 4.78 is 1.20. The second kappa shape index (κ2) is 7.22. The van der Waals surface area contributed by atoms with Crippen LogP contribution in [-0.2, 0) is 6.42 Å². The molecule has 0 unspecified atom stereocenters. The largest absolute Gasteiger partial charge is 0.335 e. The summed E-state index contributed by atoms with van der Waals surface area (Å²) in [6.07, 6.45) is 0.805. The van der Waals surface area contributed by atoms with E-state index < -0.39 is 0 Å². The Bertz CT molecular complexity index is 921. The molecule has 26 heavy (non-hydrogen) atoms. The number of rotatable bonds is 3. The first-order valence-corrected chi connectivity index (χ1v) is 9.97. The molecule has 134 valence electrons. The molecular weight excluding hydrogens is 340 g/mol. The van der Waals surface area contributed by atoms with Gasteiger partial charge in [-0.05, 0) is 43.0 Å². The number of thiophene rings is 1. The van der Waals surface area contributed by atoms with Gasteiger partial charge in [0.1, 0.15) is 0 Å². The molecule has 2 aromatic carbocycles. The topological polar surface area (TPSA) is 23.6 Å². The molecule has 0 spiro atoms. The van der Waals surface area contributed by atoms with Crippen LogP contribution in [0, 0.1) is 6.92 Å². The number of carbonyl (C=O) groups excluding carboxylic acids is 1. The van der Waals surface area contributed by atoms with Crippen molar-refractivity contribution in [1.82, 2.24) is 9.80 Å². The van der Waals surface area contributed by atoms with Crippen molar-refractivity contribution in [2.75, 3.05) is 33.2 Å². The maximum atomic E-state index is 13.3. The van der Waals surface area contributed by atoms with E-state index in [1.54, 1.807) is 11.3 Å². The Morgan fingerprint density at radius 2 is 1.69 bits per heavy atom. The number of likely N-dealkylation sites (N-methyl/N-ethyl adjacent to an activating group) is 1. The minimum absolute atomic E-state index is 0.196. The van der Waals surface area contributed by atoms with Crippen LogP contribution in [0.5, 0.6) is 0 Å². The third-order valence-electron chi connectivity index (χ3n) is 5.18. The summed E-state index contributed by atoms with van der Waals surface area (Å²) >= 11 is 1.64. The highest BCUT2D eigenvalue weighted by atomic mass is 32.1. The molecule has 0 bridgehead atoms. The Morgan fingerprint density at radius 1 is 1.00 bits per heavy atom. The van der Waals surface area contributed by atoms with Gasteiger partial charge in [0.25, 0.3) is 5.91 Å². The van der Waals surface area contributed by atoms with Gasteiger partial charge in [0.2, 0.25) is 0 Å². The molecule has 0 saturated carbocycles. The standard InChI is InChI=1S/C22H24N2OS/c1-16-7-9-17(10-8-16)15-19-18-5-3-4-6-20(18)26-21(19)22(25)24-13-11-23(2)12-14-24/h3-10H,11-15H2,1-2H3. The molecular formula is C22H24N2OS. The number of aryl methyl sites for hydroxylation is 1. The van der Waals surface area contributed by atoms with Crippen LogP contribution in [0.15, 0.2) is 48.5 Å². The van der Waals surface area contributed by atoms with E-state index in [9.17, 15) is 4.79 Å². The molecule has 1 amide bonds. The number of carbonyl (C=O) groups is 1. The van der Waals surface area contributed by atoms with Gasteiger partial charge in [0, 0.05) is 30.9 Å². The van der Waals surface area contributed by atoms with E-state index in [1.807, 2.05) is 4.90 Å². The molecule has 4 rings (SSSR count). The summed E-state index contributed by atoms with van der Waals surface area (Å²) in [5, 5.41) is 1.22. The van der Waals surface area contributed by atoms with E-state index in [1.165, 1.54) is 26.8 Å². The predicted molar refractivity (Wildman–Crippen MR) is 109 cm³/mol. The normalized spacial score (nSPS) is 15.5. The van der Waals surface area contributed by atoms with Crippen LogP contribution in [0.1, 0.15) is 26.4 Å². The van der Waals surface area contributed by atoms with E-state index in [0.717, 1.165) is 37.5 Å². The minimum atomic E-state index is 0.196. The van der Waals surface area contributed by atoms with Gasteiger partial charge in [-0.2, -0.15) is 0 Å². The first-order chi connectivity index (χ1) is 12.6. The lowest BCUT2D eigenvalue weighted by Gasteiger charge is -2.32. The lowest BCUT2D eigenvalue weighted by Crippen LogP contribution is -2.47. The van der Waals surface area contributed by atoms with Gasteiger partial charge in [-0.3, -0.25) is 4.79 Å². The number of hydrogen-bond donors (Lipinski definition) is 0. The molecule has 3 aromatic rings. The second-order valence-corrected chi connectivity index (χ2v) is 8.22. The van der Waals surface area contributed by atoms with Crippen molar-refractivity contribution >= 4 is 27.3 Å². The number of nitrogens with zero attached hydrogens (tertiary/aromatic N) is 2. The van der Waals surface area contributed by atoms with Crippen molar-refractivity contribution in [1.29, 1.82) is 0 Å². The number of piperazine rings is 1. The van der Waals surface area contributed by atoms with Gasteiger partial charge in [0.05, 0.1) is 4.88 Å². The SMILES string of the molecule is Cc1ccc(Cc2c(C(=O)N3CCN(C)CC3)sc3ccccc23)cc1. The molecule has 0 radical (unpaired) electrons. The highest BCUT2D eigenvalue weighted by molar-refractivity contribution is 7.21. The molecule has 1 fully saturated rings. The highest BCUT2D eigenvalue weighted by Gasteiger charge is 2.25. The third kappa shape index (κ3) is 3.39. The lowest BCUT2D eigenvalue weighted by atomic mass is 10.0. The quantitative estimate of drug-likeness (QED) is 0.696. The van der Waals surface area contributed by atoms with Crippen molar-refractivity contribution < 1.29 is 4.79 Å². The van der Waals surface area contributed by atoms with Gasteiger partial charge in [-0.15, -0.1) is 11.3 Å². The fourth-order valence-electron chi connectivity index (χ4n) is 3.51. The molecule has 3 nitrogen and oxygen atoms in total. The smallest absolute Gasteiger partial charge is 0.264 e. The number of benzene rings is 2. The summed E-state index contributed by atoms with van der Waals surface area (Å²) in [5.74, 6) is 0.196. The molecule has 0 atom stereocenters. The number of hydrogen-bond acceptors (Lipinski definition) is 3. The minimum Gasteiger partial charge on any atom is -0.335 e. The first kappa shape index (κ1) is 17.3. The zero-order valence-electron chi connectivity index (χ0n) is 15.4. The summed E-state index contributed by atoms with van der Waals surface area (Å²) in [4.78, 5) is 18.5. The van der Waals surface area contributed by atoms with Crippen molar-refractivity contribution in [3.63, 3.8) is 0 Å². The Balaban J connectivity index is 1.71. The summed E-state index contributed by atoms with van der Waals surface area (Å²) in [7, 11) is 2.12. The van der Waals surface area contributed by atoms with Crippen LogP contribution in [0.2, 0.25) is 0 Å². The van der Waals surface area contributed by atoms with Crippen molar-refractivity contribution in [3.05, 3.63) is 70.1 Å². The predicted octanol–water partition coefficient (Wildman–Crippen LogP) is 4.19. The van der Waals surface area contributed by atoms with E-state index >= 15 is 0 Å². The second-order valence-electron chi connectivity index (χ2n) is 7.16. The zero-order valence-corrected chi connectivity index (χ0v) is 16.2. The van der Waals surface area contributed by atoms with E-state index in [-0.39, 0.29) is 5.91 Å². The van der Waals surface area contributed by atoms with Gasteiger partial charge >= 0.3 is 0 Å². The van der Waals surface area contributed by atoms with Gasteiger partial charge in [0.15, 0.2) is 0 Å². The average Bonchev–Trinajstić information content (AvgIpc) is 3.02. The third-order valence-corrected chi connectivity index (χ3v) is 6.39. The van der Waals surface area contributed by atoms with Crippen molar-refractivity contribution in [3.8, 4) is 0 Å². The van der Waals surface area contributed by atoms with Crippen molar-refractivity contribution in [2.45, 2.75) is 13.3 Å². The zero-order chi connectivity index (χ0) is 18.1. The van der Waals surface area contributed by atoms with Crippen LogP contribution >= 0.6 is 11.3 Å². The van der Waals surface area contributed by atoms with E-state index in [2.05, 4.69) is 67.4 Å². The Morgan fingerprint density at radius 3 is 2.42 bits per heavy atom. The molecule has 0 N–H and O–H groups in total. The van der Waals surface area contributed by atoms with Gasteiger partial charge < -0.3 is 9.80 Å². The van der Waals surface area contributed by atoms with Crippen molar-refractivity contribution in [2.24, 2.45) is 0 Å². The Kier molecular flexibility index (Phi) is 4.79. The molecule has 0 aliphatic carbocycles.